The molecule has 4 amide bonds. The number of benzene rings is 1. The maximum atomic E-state index is 13.7. The molecule has 2 aliphatic heterocycles. The van der Waals surface area contributed by atoms with E-state index in [4.69, 9.17) is 16.2 Å². The molecule has 0 aromatic heterocycles. The zero-order valence-corrected chi connectivity index (χ0v) is 22.6. The summed E-state index contributed by atoms with van der Waals surface area (Å²) in [5.41, 5.74) is 5.71. The lowest BCUT2D eigenvalue weighted by Gasteiger charge is -2.45. The predicted octanol–water partition coefficient (Wildman–Crippen LogP) is -0.468. The van der Waals surface area contributed by atoms with Crippen molar-refractivity contribution in [2.45, 2.75) is 49.6 Å². The Kier molecular flexibility index (Phi) is 10.2. The van der Waals surface area contributed by atoms with E-state index in [0.29, 0.717) is 56.6 Å². The largest absolute Gasteiger partial charge is 0.480 e. The first-order valence-corrected chi connectivity index (χ1v) is 13.7. The molecule has 2 saturated heterocycles. The molecule has 7 N–H and O–H groups in total. The Hall–Kier alpha value is -3.81. The van der Waals surface area contributed by atoms with Crippen molar-refractivity contribution in [3.05, 3.63) is 35.9 Å². The Morgan fingerprint density at radius 2 is 1.82 bits per heavy atom. The first-order valence-electron chi connectivity index (χ1n) is 12.7. The summed E-state index contributed by atoms with van der Waals surface area (Å²) in [4.78, 5) is 65.2. The number of nitrogens with one attached hydrogen (secondary N) is 4. The second-order valence-electron chi connectivity index (χ2n) is 9.49. The number of carbonyl (C=O) groups is 5. The molecule has 2 fully saturated rings. The number of carboxylic acids is 1. The van der Waals surface area contributed by atoms with Gasteiger partial charge in [0.05, 0.1) is 4.87 Å². The van der Waals surface area contributed by atoms with Gasteiger partial charge in [-0.1, -0.05) is 18.2 Å². The van der Waals surface area contributed by atoms with Crippen molar-refractivity contribution >= 4 is 47.3 Å². The highest BCUT2D eigenvalue weighted by atomic mass is 32.2. The maximum absolute atomic E-state index is 13.7. The fourth-order valence-corrected chi connectivity index (χ4v) is 6.49. The second-order valence-corrected chi connectivity index (χ2v) is 10.9. The molecule has 13 nitrogen and oxygen atoms in total. The van der Waals surface area contributed by atoms with Gasteiger partial charge in [0, 0.05) is 37.9 Å². The Balaban J connectivity index is 1.75. The van der Waals surface area contributed by atoms with E-state index in [1.165, 1.54) is 18.7 Å². The average molecular weight is 562 g/mol. The number of nitrogens with two attached hydrogens (primary N) is 1. The van der Waals surface area contributed by atoms with Crippen LogP contribution in [0.2, 0.25) is 0 Å². The van der Waals surface area contributed by atoms with Gasteiger partial charge in [0.1, 0.15) is 18.6 Å². The second kappa shape index (κ2) is 13.3. The lowest BCUT2D eigenvalue weighted by Crippen LogP contribution is -2.60. The highest BCUT2D eigenvalue weighted by Crippen LogP contribution is 2.47. The van der Waals surface area contributed by atoms with E-state index in [0.717, 1.165) is 0 Å². The average Bonchev–Trinajstić information content (AvgIpc) is 3.27. The van der Waals surface area contributed by atoms with Gasteiger partial charge in [-0.2, -0.15) is 0 Å². The van der Waals surface area contributed by atoms with Crippen molar-refractivity contribution < 1.29 is 29.1 Å². The number of amides is 4. The molecule has 2 heterocycles. The number of guanidine groups is 1. The fourth-order valence-electron chi connectivity index (χ4n) is 4.90. The van der Waals surface area contributed by atoms with E-state index in [2.05, 4.69) is 16.0 Å². The number of hydrogen-bond donors (Lipinski definition) is 6. The topological polar surface area (TPSA) is 198 Å². The van der Waals surface area contributed by atoms with Gasteiger partial charge < -0.3 is 36.6 Å². The number of thioether (sulfide) groups is 1. The predicted molar refractivity (Wildman–Crippen MR) is 145 cm³/mol. The van der Waals surface area contributed by atoms with Gasteiger partial charge in [0.25, 0.3) is 5.91 Å². The zero-order chi connectivity index (χ0) is 28.6. The highest BCUT2D eigenvalue weighted by Gasteiger charge is 2.53. The van der Waals surface area contributed by atoms with E-state index in [9.17, 15) is 24.0 Å². The molecule has 0 unspecified atom stereocenters. The van der Waals surface area contributed by atoms with E-state index in [1.807, 2.05) is 0 Å². The number of aliphatic carboxylic acids is 1. The monoisotopic (exact) mass is 561 g/mol. The van der Waals surface area contributed by atoms with E-state index >= 15 is 0 Å². The first-order chi connectivity index (χ1) is 18.5. The molecule has 14 heteroatoms. The van der Waals surface area contributed by atoms with Crippen LogP contribution in [0.1, 0.15) is 43.0 Å². The standard InChI is InChI=1S/C25H35N7O6S/c1-16(33)30-18(8-5-11-28-24(26)27)23(38)31-12-9-25(10-13-31)32(22(37)17-6-3-2-4-7-17)19(15-39-25)21(36)29-14-20(34)35/h2-4,6-7,18-19H,5,8-15H2,1H3,(H,29,36)(H,30,33)(H,34,35)(H4,26,27,28)/t18-,19-/m0/s1. The van der Waals surface area contributed by atoms with Gasteiger partial charge in [-0.25, -0.2) is 0 Å². The van der Waals surface area contributed by atoms with Gasteiger partial charge in [-0.3, -0.25) is 29.4 Å². The molecular formula is C25H35N7O6S. The van der Waals surface area contributed by atoms with Crippen LogP contribution in [0.4, 0.5) is 0 Å². The number of carbonyl (C=O) groups excluding carboxylic acids is 4. The van der Waals surface area contributed by atoms with Gasteiger partial charge in [-0.05, 0) is 37.8 Å². The van der Waals surface area contributed by atoms with E-state index < -0.39 is 35.4 Å². The van der Waals surface area contributed by atoms with Crippen LogP contribution in [0, 0.1) is 5.41 Å². The van der Waals surface area contributed by atoms with Gasteiger partial charge in [0.15, 0.2) is 5.96 Å². The molecule has 0 aliphatic carbocycles. The van der Waals surface area contributed by atoms with Crippen LogP contribution in [0.15, 0.2) is 30.3 Å². The van der Waals surface area contributed by atoms with Crippen molar-refractivity contribution in [2.75, 3.05) is 31.9 Å². The molecule has 39 heavy (non-hydrogen) atoms. The summed E-state index contributed by atoms with van der Waals surface area (Å²) in [5, 5.41) is 24.0. The third kappa shape index (κ3) is 7.62. The van der Waals surface area contributed by atoms with E-state index in [1.54, 1.807) is 40.1 Å². The van der Waals surface area contributed by atoms with Crippen molar-refractivity contribution in [1.29, 1.82) is 5.41 Å². The van der Waals surface area contributed by atoms with Crippen LogP contribution in [0.3, 0.4) is 0 Å². The summed E-state index contributed by atoms with van der Waals surface area (Å²) in [7, 11) is 0. The summed E-state index contributed by atoms with van der Waals surface area (Å²) in [5.74, 6) is -2.47. The highest BCUT2D eigenvalue weighted by molar-refractivity contribution is 8.01. The number of piperidine rings is 1. The summed E-state index contributed by atoms with van der Waals surface area (Å²) >= 11 is 1.47. The quantitative estimate of drug-likeness (QED) is 0.124. The third-order valence-corrected chi connectivity index (χ3v) is 8.36. The van der Waals surface area contributed by atoms with Crippen LogP contribution >= 0.6 is 11.8 Å². The number of hydrogen-bond acceptors (Lipinski definition) is 7. The summed E-state index contributed by atoms with van der Waals surface area (Å²) in [6.07, 6.45) is 1.68. The van der Waals surface area contributed by atoms with Crippen molar-refractivity contribution in [3.8, 4) is 0 Å². The molecule has 2 atom stereocenters. The summed E-state index contributed by atoms with van der Waals surface area (Å²) in [6.45, 7) is 1.82. The Morgan fingerprint density at radius 3 is 2.41 bits per heavy atom. The molecular weight excluding hydrogens is 526 g/mol. The molecule has 0 saturated carbocycles. The molecule has 2 aliphatic rings. The number of likely N-dealkylation sites (tertiary alicyclic amines) is 1. The number of rotatable bonds is 10. The first kappa shape index (κ1) is 29.7. The van der Waals surface area contributed by atoms with Crippen molar-refractivity contribution in [2.24, 2.45) is 5.73 Å². The number of nitrogens with zero attached hydrogens (tertiary/aromatic N) is 2. The molecule has 1 aromatic carbocycles. The van der Waals surface area contributed by atoms with Crippen molar-refractivity contribution in [3.63, 3.8) is 0 Å². The Morgan fingerprint density at radius 1 is 1.15 bits per heavy atom. The Bertz CT molecular complexity index is 1090. The molecule has 0 bridgehead atoms. The number of carboxylic acid groups (broad SMARTS) is 1. The fraction of sp³-hybridized carbons (Fsp3) is 0.520. The Labute approximate surface area is 230 Å². The molecule has 212 valence electrons. The summed E-state index contributed by atoms with van der Waals surface area (Å²) in [6, 6.07) is 7.00. The van der Waals surface area contributed by atoms with Crippen LogP contribution in [0.25, 0.3) is 0 Å². The molecule has 3 rings (SSSR count). The van der Waals surface area contributed by atoms with Gasteiger partial charge in [-0.15, -0.1) is 11.8 Å². The van der Waals surface area contributed by atoms with Crippen LogP contribution in [0.5, 0.6) is 0 Å². The third-order valence-electron chi connectivity index (χ3n) is 6.73. The molecule has 0 radical (unpaired) electrons. The lowest BCUT2D eigenvalue weighted by molar-refractivity contribution is -0.139. The van der Waals surface area contributed by atoms with Crippen LogP contribution < -0.4 is 21.7 Å². The van der Waals surface area contributed by atoms with E-state index in [-0.39, 0.29) is 23.7 Å². The normalized spacial score (nSPS) is 18.7. The lowest BCUT2D eigenvalue weighted by atomic mass is 9.97. The zero-order valence-electron chi connectivity index (χ0n) is 21.8. The van der Waals surface area contributed by atoms with Crippen molar-refractivity contribution in [1.82, 2.24) is 25.8 Å². The SMILES string of the molecule is CC(=O)N[C@@H](CCCNC(=N)N)C(=O)N1CCC2(CC1)SC[C@@H](C(=O)NCC(=O)O)N2C(=O)c1ccccc1. The minimum atomic E-state index is -1.18. The minimum Gasteiger partial charge on any atom is -0.480 e. The maximum Gasteiger partial charge on any atom is 0.322 e. The minimum absolute atomic E-state index is 0.169. The molecule has 1 aromatic rings. The molecule has 1 spiro atoms. The summed E-state index contributed by atoms with van der Waals surface area (Å²) < 4.78 is 0. The van der Waals surface area contributed by atoms with Gasteiger partial charge >= 0.3 is 5.97 Å². The smallest absolute Gasteiger partial charge is 0.322 e. The van der Waals surface area contributed by atoms with Gasteiger partial charge in [0.2, 0.25) is 17.7 Å². The van der Waals surface area contributed by atoms with Crippen LogP contribution in [-0.2, 0) is 19.2 Å². The van der Waals surface area contributed by atoms with Crippen LogP contribution in [-0.4, -0.2) is 99.4 Å².